The van der Waals surface area contributed by atoms with E-state index >= 15 is 0 Å². The molecule has 0 unspecified atom stereocenters. The maximum absolute atomic E-state index is 13.2. The van der Waals surface area contributed by atoms with Crippen LogP contribution in [0.25, 0.3) is 11.1 Å². The topological polar surface area (TPSA) is 63.7 Å². The Morgan fingerprint density at radius 3 is 2.50 bits per heavy atom. The number of rotatable bonds is 7. The summed E-state index contributed by atoms with van der Waals surface area (Å²) in [6, 6.07) is 13.3. The van der Waals surface area contributed by atoms with Gasteiger partial charge in [0.05, 0.1) is 19.8 Å². The Morgan fingerprint density at radius 2 is 1.84 bits per heavy atom. The first kappa shape index (κ1) is 22.0. The van der Waals surface area contributed by atoms with Crippen LogP contribution in [0.1, 0.15) is 27.9 Å². The molecule has 1 aliphatic heterocycles. The van der Waals surface area contributed by atoms with Crippen LogP contribution in [0.15, 0.2) is 48.7 Å². The van der Waals surface area contributed by atoms with Crippen molar-refractivity contribution in [2.45, 2.75) is 19.9 Å². The van der Waals surface area contributed by atoms with Gasteiger partial charge in [0.15, 0.2) is 11.5 Å². The molecule has 1 amide bonds. The molecule has 0 saturated carbocycles. The number of methoxy groups -OCH3 is 2. The number of halogens is 1. The van der Waals surface area contributed by atoms with E-state index in [0.29, 0.717) is 34.4 Å². The van der Waals surface area contributed by atoms with Crippen molar-refractivity contribution in [1.82, 2.24) is 10.3 Å². The van der Waals surface area contributed by atoms with Gasteiger partial charge in [-0.1, -0.05) is 23.7 Å². The highest BCUT2D eigenvalue weighted by Crippen LogP contribution is 2.30. The maximum Gasteiger partial charge on any atom is 0.255 e. The lowest BCUT2D eigenvalue weighted by molar-refractivity contribution is 0.0951. The van der Waals surface area contributed by atoms with Crippen LogP contribution in [-0.2, 0) is 6.54 Å². The van der Waals surface area contributed by atoms with Gasteiger partial charge in [-0.25, -0.2) is 4.98 Å². The van der Waals surface area contributed by atoms with Crippen LogP contribution >= 0.6 is 11.6 Å². The molecule has 0 atom stereocenters. The summed E-state index contributed by atoms with van der Waals surface area (Å²) in [5, 5.41) is 3.68. The molecule has 0 aliphatic carbocycles. The van der Waals surface area contributed by atoms with Crippen molar-refractivity contribution < 1.29 is 14.3 Å². The van der Waals surface area contributed by atoms with Gasteiger partial charge in [0, 0.05) is 36.4 Å². The Hall–Kier alpha value is -3.25. The maximum atomic E-state index is 13.2. The van der Waals surface area contributed by atoms with E-state index in [1.165, 1.54) is 0 Å². The highest BCUT2D eigenvalue weighted by atomic mass is 35.5. The average molecular weight is 452 g/mol. The number of aromatic nitrogens is 1. The van der Waals surface area contributed by atoms with E-state index in [1.54, 1.807) is 14.2 Å². The van der Waals surface area contributed by atoms with Gasteiger partial charge in [0.25, 0.3) is 5.91 Å². The van der Waals surface area contributed by atoms with Crippen molar-refractivity contribution in [3.8, 4) is 22.6 Å². The Bertz CT molecular complexity index is 1130. The lowest BCUT2D eigenvalue weighted by Crippen LogP contribution is -2.39. The minimum atomic E-state index is -0.171. The van der Waals surface area contributed by atoms with Gasteiger partial charge in [0.2, 0.25) is 0 Å². The third-order valence-corrected chi connectivity index (χ3v) is 5.76. The van der Waals surface area contributed by atoms with Gasteiger partial charge in [-0.05, 0) is 60.4 Å². The number of hydrogen-bond acceptors (Lipinski definition) is 5. The minimum Gasteiger partial charge on any atom is -0.493 e. The number of amides is 1. The van der Waals surface area contributed by atoms with Crippen LogP contribution in [-0.4, -0.2) is 38.2 Å². The average Bonchev–Trinajstić information content (AvgIpc) is 2.75. The summed E-state index contributed by atoms with van der Waals surface area (Å²) in [6.07, 6.45) is 2.91. The first-order valence-electron chi connectivity index (χ1n) is 10.5. The summed E-state index contributed by atoms with van der Waals surface area (Å²) >= 11 is 6.25. The fourth-order valence-electron chi connectivity index (χ4n) is 3.73. The van der Waals surface area contributed by atoms with E-state index in [-0.39, 0.29) is 5.91 Å². The molecule has 0 spiro atoms. The van der Waals surface area contributed by atoms with E-state index in [1.807, 2.05) is 55.6 Å². The second-order valence-corrected chi connectivity index (χ2v) is 8.26. The van der Waals surface area contributed by atoms with Gasteiger partial charge >= 0.3 is 0 Å². The highest BCUT2D eigenvalue weighted by Gasteiger charge is 2.23. The fourth-order valence-corrected chi connectivity index (χ4v) is 4.02. The highest BCUT2D eigenvalue weighted by molar-refractivity contribution is 6.31. The number of ether oxygens (including phenoxy) is 2. The van der Waals surface area contributed by atoms with Crippen molar-refractivity contribution >= 4 is 23.3 Å². The molecule has 2 heterocycles. The van der Waals surface area contributed by atoms with E-state index in [9.17, 15) is 4.79 Å². The van der Waals surface area contributed by atoms with Crippen LogP contribution in [0.5, 0.6) is 11.5 Å². The summed E-state index contributed by atoms with van der Waals surface area (Å²) < 4.78 is 10.6. The van der Waals surface area contributed by atoms with Crippen molar-refractivity contribution in [2.24, 2.45) is 0 Å². The molecule has 2 aromatic carbocycles. The summed E-state index contributed by atoms with van der Waals surface area (Å²) in [5.74, 6) is 1.82. The molecule has 0 bridgehead atoms. The van der Waals surface area contributed by atoms with Crippen LogP contribution < -0.4 is 19.7 Å². The number of benzene rings is 2. The molecule has 1 aromatic heterocycles. The Morgan fingerprint density at radius 1 is 1.06 bits per heavy atom. The minimum absolute atomic E-state index is 0.171. The third kappa shape index (κ3) is 4.65. The standard InChI is InChI=1S/C25H26ClN3O3/c1-16-9-18(12-20(26)10-16)19-13-21(24(27-15-19)29-7-4-8-29)25(30)28-14-17-5-6-22(31-2)23(11-17)32-3/h5-6,9-13,15H,4,7-8,14H2,1-3H3,(H,28,30). The number of hydrogen-bond donors (Lipinski definition) is 1. The Balaban J connectivity index is 1.61. The molecule has 1 aliphatic rings. The summed E-state index contributed by atoms with van der Waals surface area (Å²) in [4.78, 5) is 20.0. The number of nitrogens with one attached hydrogen (secondary N) is 1. The van der Waals surface area contributed by atoms with Crippen molar-refractivity contribution in [2.75, 3.05) is 32.2 Å². The Labute approximate surface area is 193 Å². The van der Waals surface area contributed by atoms with Gasteiger partial charge in [-0.2, -0.15) is 0 Å². The predicted octanol–water partition coefficient (Wildman–Crippen LogP) is 4.87. The second kappa shape index (κ2) is 9.49. The van der Waals surface area contributed by atoms with Gasteiger partial charge in [0.1, 0.15) is 5.82 Å². The van der Waals surface area contributed by atoms with Gasteiger partial charge < -0.3 is 19.7 Å². The lowest BCUT2D eigenvalue weighted by atomic mass is 10.0. The number of carbonyl (C=O) groups is 1. The first-order chi connectivity index (χ1) is 15.5. The summed E-state index contributed by atoms with van der Waals surface area (Å²) in [6.45, 7) is 4.16. The lowest BCUT2D eigenvalue weighted by Gasteiger charge is -2.33. The molecule has 1 fully saturated rings. The first-order valence-corrected chi connectivity index (χ1v) is 10.9. The van der Waals surface area contributed by atoms with Crippen LogP contribution in [0, 0.1) is 6.92 Å². The smallest absolute Gasteiger partial charge is 0.255 e. The number of carbonyl (C=O) groups excluding carboxylic acids is 1. The van der Waals surface area contributed by atoms with E-state index in [0.717, 1.165) is 41.8 Å². The van der Waals surface area contributed by atoms with E-state index in [2.05, 4.69) is 15.2 Å². The summed E-state index contributed by atoms with van der Waals surface area (Å²) in [7, 11) is 3.19. The quantitative estimate of drug-likeness (QED) is 0.555. The van der Waals surface area contributed by atoms with Crippen LogP contribution in [0.3, 0.4) is 0 Å². The zero-order chi connectivity index (χ0) is 22.7. The fraction of sp³-hybridized carbons (Fsp3) is 0.280. The number of anilines is 1. The van der Waals surface area contributed by atoms with Gasteiger partial charge in [-0.3, -0.25) is 4.79 Å². The third-order valence-electron chi connectivity index (χ3n) is 5.54. The molecule has 166 valence electrons. The molecular weight excluding hydrogens is 426 g/mol. The normalized spacial score (nSPS) is 12.8. The molecule has 7 heteroatoms. The number of nitrogens with zero attached hydrogens (tertiary/aromatic N) is 2. The van der Waals surface area contributed by atoms with E-state index < -0.39 is 0 Å². The van der Waals surface area contributed by atoms with Crippen molar-refractivity contribution in [3.05, 3.63) is 70.4 Å². The zero-order valence-corrected chi connectivity index (χ0v) is 19.2. The van der Waals surface area contributed by atoms with Crippen LogP contribution in [0.4, 0.5) is 5.82 Å². The Kier molecular flexibility index (Phi) is 6.51. The molecule has 0 radical (unpaired) electrons. The molecular formula is C25H26ClN3O3. The number of aryl methyl sites for hydroxylation is 1. The van der Waals surface area contributed by atoms with Crippen molar-refractivity contribution in [3.63, 3.8) is 0 Å². The monoisotopic (exact) mass is 451 g/mol. The molecule has 1 saturated heterocycles. The van der Waals surface area contributed by atoms with Crippen molar-refractivity contribution in [1.29, 1.82) is 0 Å². The largest absolute Gasteiger partial charge is 0.493 e. The van der Waals surface area contributed by atoms with Gasteiger partial charge in [-0.15, -0.1) is 0 Å². The zero-order valence-electron chi connectivity index (χ0n) is 18.4. The predicted molar refractivity (Wildman–Crippen MR) is 127 cm³/mol. The summed E-state index contributed by atoms with van der Waals surface area (Å²) in [5.41, 5.74) is 4.32. The molecule has 32 heavy (non-hydrogen) atoms. The molecule has 4 rings (SSSR count). The molecule has 3 aromatic rings. The molecule has 1 N–H and O–H groups in total. The van der Waals surface area contributed by atoms with E-state index in [4.69, 9.17) is 21.1 Å². The van der Waals surface area contributed by atoms with Crippen LogP contribution in [0.2, 0.25) is 5.02 Å². The SMILES string of the molecule is COc1ccc(CNC(=O)c2cc(-c3cc(C)cc(Cl)c3)cnc2N2CCC2)cc1OC. The molecule has 6 nitrogen and oxygen atoms in total. The second-order valence-electron chi connectivity index (χ2n) is 7.83. The number of pyridine rings is 1.